The monoisotopic (exact) mass is 422 g/mol. The highest BCUT2D eigenvalue weighted by atomic mass is 35.5. The molecular formula is C19H20Cl2N4OS. The van der Waals surface area contributed by atoms with Crippen LogP contribution in [0.25, 0.3) is 0 Å². The summed E-state index contributed by atoms with van der Waals surface area (Å²) in [7, 11) is 2.12. The summed E-state index contributed by atoms with van der Waals surface area (Å²) >= 11 is 17.3. The zero-order valence-electron chi connectivity index (χ0n) is 14.8. The van der Waals surface area contributed by atoms with Crippen LogP contribution in [0.5, 0.6) is 0 Å². The normalized spacial score (nSPS) is 14.7. The number of hydrogen-bond donors (Lipinski definition) is 2. The number of piperazine rings is 1. The Balaban J connectivity index is 1.69. The average molecular weight is 423 g/mol. The second kappa shape index (κ2) is 8.89. The molecule has 2 aromatic rings. The van der Waals surface area contributed by atoms with Crippen LogP contribution in [0.2, 0.25) is 10.0 Å². The Morgan fingerprint density at radius 1 is 1.07 bits per heavy atom. The van der Waals surface area contributed by atoms with Crippen LogP contribution in [-0.2, 0) is 0 Å². The van der Waals surface area contributed by atoms with Crippen molar-refractivity contribution in [3.63, 3.8) is 0 Å². The van der Waals surface area contributed by atoms with Crippen LogP contribution in [-0.4, -0.2) is 49.1 Å². The lowest BCUT2D eigenvalue weighted by Gasteiger charge is -2.35. The third-order valence-electron chi connectivity index (χ3n) is 4.40. The van der Waals surface area contributed by atoms with Crippen molar-refractivity contribution < 1.29 is 4.79 Å². The van der Waals surface area contributed by atoms with Gasteiger partial charge in [-0.25, -0.2) is 0 Å². The Hall–Kier alpha value is -1.86. The van der Waals surface area contributed by atoms with E-state index in [1.165, 1.54) is 6.07 Å². The van der Waals surface area contributed by atoms with Gasteiger partial charge in [-0.3, -0.25) is 10.1 Å². The second-order valence-corrected chi connectivity index (χ2v) is 7.59. The number of nitrogens with zero attached hydrogens (tertiary/aromatic N) is 2. The number of carbonyl (C=O) groups excluding carboxylic acids is 1. The summed E-state index contributed by atoms with van der Waals surface area (Å²) in [6.07, 6.45) is 0. The van der Waals surface area contributed by atoms with Crippen molar-refractivity contribution in [2.45, 2.75) is 0 Å². The molecule has 142 valence electrons. The highest BCUT2D eigenvalue weighted by molar-refractivity contribution is 7.80. The van der Waals surface area contributed by atoms with Crippen molar-refractivity contribution in [3.8, 4) is 0 Å². The minimum absolute atomic E-state index is 0.206. The second-order valence-electron chi connectivity index (χ2n) is 6.34. The fraction of sp³-hybridized carbons (Fsp3) is 0.263. The number of hydrogen-bond acceptors (Lipinski definition) is 4. The molecule has 0 radical (unpaired) electrons. The van der Waals surface area contributed by atoms with Crippen LogP contribution in [0.4, 0.5) is 11.4 Å². The first-order valence-corrected chi connectivity index (χ1v) is 9.70. The zero-order chi connectivity index (χ0) is 19.4. The van der Waals surface area contributed by atoms with Crippen molar-refractivity contribution in [3.05, 3.63) is 58.1 Å². The van der Waals surface area contributed by atoms with Gasteiger partial charge >= 0.3 is 0 Å². The van der Waals surface area contributed by atoms with Gasteiger partial charge < -0.3 is 15.1 Å². The molecule has 27 heavy (non-hydrogen) atoms. The van der Waals surface area contributed by atoms with Crippen LogP contribution in [0, 0.1) is 0 Å². The molecule has 0 bridgehead atoms. The number of carbonyl (C=O) groups is 1. The summed E-state index contributed by atoms with van der Waals surface area (Å²) < 4.78 is 0. The van der Waals surface area contributed by atoms with Crippen LogP contribution < -0.4 is 15.5 Å². The molecule has 1 fully saturated rings. The first-order chi connectivity index (χ1) is 12.9. The van der Waals surface area contributed by atoms with Gasteiger partial charge in [-0.2, -0.15) is 0 Å². The highest BCUT2D eigenvalue weighted by Crippen LogP contribution is 2.26. The lowest BCUT2D eigenvalue weighted by atomic mass is 10.2. The highest BCUT2D eigenvalue weighted by Gasteiger charge is 2.18. The molecule has 1 aliphatic rings. The van der Waals surface area contributed by atoms with Gasteiger partial charge in [0.15, 0.2) is 5.11 Å². The number of thiocarbonyl (C=S) groups is 1. The molecule has 0 spiro atoms. The predicted molar refractivity (Wildman–Crippen MR) is 116 cm³/mol. The first kappa shape index (κ1) is 19.9. The number of nitrogens with one attached hydrogen (secondary N) is 2. The van der Waals surface area contributed by atoms with E-state index in [2.05, 4.69) is 27.5 Å². The minimum Gasteiger partial charge on any atom is -0.367 e. The maximum absolute atomic E-state index is 12.4. The number of benzene rings is 2. The van der Waals surface area contributed by atoms with E-state index >= 15 is 0 Å². The molecule has 2 aromatic carbocycles. The predicted octanol–water partition coefficient (Wildman–Crippen LogP) is 3.87. The smallest absolute Gasteiger partial charge is 0.258 e. The fourth-order valence-electron chi connectivity index (χ4n) is 2.90. The van der Waals surface area contributed by atoms with E-state index in [0.717, 1.165) is 37.6 Å². The first-order valence-electron chi connectivity index (χ1n) is 8.54. The van der Waals surface area contributed by atoms with E-state index in [1.807, 2.05) is 24.3 Å². The van der Waals surface area contributed by atoms with Crippen LogP contribution in [0.15, 0.2) is 42.5 Å². The number of likely N-dealkylation sites (N-methyl/N-ethyl adjacent to an activating group) is 1. The molecule has 0 atom stereocenters. The molecular weight excluding hydrogens is 403 g/mol. The summed E-state index contributed by atoms with van der Waals surface area (Å²) in [4.78, 5) is 17.0. The third kappa shape index (κ3) is 5.11. The van der Waals surface area contributed by atoms with Gasteiger partial charge in [0.2, 0.25) is 0 Å². The molecule has 0 saturated carbocycles. The standard InChI is InChI=1S/C19H20Cl2N4OS/c1-24-8-10-25(11-9-24)17-5-3-2-4-16(17)22-19(27)23-18(26)14-12-13(20)6-7-15(14)21/h2-7,12H,8-11H2,1H3,(H2,22,23,26,27). The Morgan fingerprint density at radius 2 is 1.78 bits per heavy atom. The van der Waals surface area contributed by atoms with Crippen molar-refractivity contribution in [2.24, 2.45) is 0 Å². The molecule has 1 saturated heterocycles. The molecule has 1 heterocycles. The lowest BCUT2D eigenvalue weighted by molar-refractivity contribution is 0.0978. The summed E-state index contributed by atoms with van der Waals surface area (Å²) in [5.74, 6) is -0.405. The van der Waals surface area contributed by atoms with Gasteiger partial charge in [0.05, 0.1) is 22.0 Å². The number of anilines is 2. The van der Waals surface area contributed by atoms with E-state index < -0.39 is 5.91 Å². The number of rotatable bonds is 3. The van der Waals surface area contributed by atoms with Crippen LogP contribution >= 0.6 is 35.4 Å². The quantitative estimate of drug-likeness (QED) is 0.735. The van der Waals surface area contributed by atoms with Gasteiger partial charge in [-0.15, -0.1) is 0 Å². The van der Waals surface area contributed by atoms with Gasteiger partial charge in [0.1, 0.15) is 0 Å². The Labute approximate surface area is 174 Å². The number of halogens is 2. The Kier molecular flexibility index (Phi) is 6.55. The Morgan fingerprint density at radius 3 is 2.52 bits per heavy atom. The van der Waals surface area contributed by atoms with Gasteiger partial charge in [-0.1, -0.05) is 35.3 Å². The van der Waals surface area contributed by atoms with Gasteiger partial charge in [0.25, 0.3) is 5.91 Å². The maximum atomic E-state index is 12.4. The van der Waals surface area contributed by atoms with Gasteiger partial charge in [-0.05, 0) is 49.6 Å². The zero-order valence-corrected chi connectivity index (χ0v) is 17.2. The van der Waals surface area contributed by atoms with Crippen molar-refractivity contribution in [2.75, 3.05) is 43.4 Å². The maximum Gasteiger partial charge on any atom is 0.258 e. The molecule has 0 aromatic heterocycles. The molecule has 8 heteroatoms. The van der Waals surface area contributed by atoms with Crippen molar-refractivity contribution in [1.82, 2.24) is 10.2 Å². The molecule has 0 unspecified atom stereocenters. The third-order valence-corrected chi connectivity index (χ3v) is 5.17. The molecule has 1 aliphatic heterocycles. The molecule has 5 nitrogen and oxygen atoms in total. The van der Waals surface area contributed by atoms with Gasteiger partial charge in [0, 0.05) is 31.2 Å². The van der Waals surface area contributed by atoms with Crippen molar-refractivity contribution >= 4 is 57.8 Å². The molecule has 3 rings (SSSR count). The topological polar surface area (TPSA) is 47.6 Å². The molecule has 1 amide bonds. The lowest BCUT2D eigenvalue weighted by Crippen LogP contribution is -2.45. The van der Waals surface area contributed by atoms with Crippen molar-refractivity contribution in [1.29, 1.82) is 0 Å². The molecule has 2 N–H and O–H groups in total. The minimum atomic E-state index is -0.405. The molecule has 0 aliphatic carbocycles. The summed E-state index contributed by atoms with van der Waals surface area (Å²) in [5.41, 5.74) is 2.19. The largest absolute Gasteiger partial charge is 0.367 e. The SMILES string of the molecule is CN1CCN(c2ccccc2NC(=S)NC(=O)c2cc(Cl)ccc2Cl)CC1. The van der Waals surface area contributed by atoms with Crippen LogP contribution in [0.1, 0.15) is 10.4 Å². The number of amides is 1. The van der Waals surface area contributed by atoms with E-state index in [0.29, 0.717) is 10.0 Å². The summed E-state index contributed by atoms with van der Waals surface area (Å²) in [6, 6.07) is 12.6. The van der Waals surface area contributed by atoms with E-state index in [9.17, 15) is 4.79 Å². The average Bonchev–Trinajstić information content (AvgIpc) is 2.65. The Bertz CT molecular complexity index is 853. The summed E-state index contributed by atoms with van der Waals surface area (Å²) in [6.45, 7) is 3.88. The fourth-order valence-corrected chi connectivity index (χ4v) is 3.48. The summed E-state index contributed by atoms with van der Waals surface area (Å²) in [5, 5.41) is 6.74. The van der Waals surface area contributed by atoms with Crippen LogP contribution in [0.3, 0.4) is 0 Å². The van der Waals surface area contributed by atoms with E-state index in [1.54, 1.807) is 12.1 Å². The number of para-hydroxylation sites is 2. The van der Waals surface area contributed by atoms with E-state index in [-0.39, 0.29) is 10.7 Å². The van der Waals surface area contributed by atoms with E-state index in [4.69, 9.17) is 35.4 Å².